The van der Waals surface area contributed by atoms with Crippen LogP contribution in [0, 0.1) is 6.92 Å². The number of hydrogen-bond donors (Lipinski definition) is 3. The Bertz CT molecular complexity index is 1090. The quantitative estimate of drug-likeness (QED) is 0.317. The molecule has 3 aromatic rings. The van der Waals surface area contributed by atoms with Crippen LogP contribution in [-0.4, -0.2) is 22.7 Å². The highest BCUT2D eigenvalue weighted by atomic mass is 16.5. The summed E-state index contributed by atoms with van der Waals surface area (Å²) in [7, 11) is 0. The third kappa shape index (κ3) is 4.51. The number of carbonyl (C=O) groups is 1. The van der Waals surface area contributed by atoms with E-state index in [4.69, 9.17) is 9.15 Å². The Labute approximate surface area is 167 Å². The Morgan fingerprint density at radius 1 is 1.14 bits per heavy atom. The monoisotopic (exact) mass is 397 g/mol. The molecule has 0 bridgehead atoms. The van der Waals surface area contributed by atoms with E-state index in [1.165, 1.54) is 12.1 Å². The fraction of sp³-hybridized carbons (Fsp3) is 0.273. The molecule has 7 heteroatoms. The molecule has 0 aliphatic rings. The van der Waals surface area contributed by atoms with Gasteiger partial charge in [0.05, 0.1) is 18.6 Å². The van der Waals surface area contributed by atoms with Gasteiger partial charge in [0.1, 0.15) is 5.75 Å². The first kappa shape index (κ1) is 20.3. The standard InChI is InChI=1S/C22H23NO6/c1-3-4-11-28-15-7-5-14(6-8-15)23-19(25)12-17-13(2)16-9-10-18(24)20(26)21(16)29-22(17)27/h5-10,24,26H,3-4,11-12H2,1-2H3,(H,23,25). The number of phenolic OH excluding ortho intramolecular Hbond substituents is 2. The van der Waals surface area contributed by atoms with Gasteiger partial charge in [0.15, 0.2) is 11.3 Å². The Hall–Kier alpha value is -3.48. The lowest BCUT2D eigenvalue weighted by Gasteiger charge is -2.10. The minimum atomic E-state index is -0.731. The molecule has 0 saturated heterocycles. The number of ether oxygens (including phenoxy) is 1. The van der Waals surface area contributed by atoms with Gasteiger partial charge in [-0.15, -0.1) is 0 Å². The van der Waals surface area contributed by atoms with Crippen LogP contribution in [0.4, 0.5) is 5.69 Å². The summed E-state index contributed by atoms with van der Waals surface area (Å²) in [4.78, 5) is 24.7. The van der Waals surface area contributed by atoms with Crippen molar-refractivity contribution in [3.05, 3.63) is 57.9 Å². The molecule has 1 aromatic heterocycles. The van der Waals surface area contributed by atoms with Crippen LogP contribution in [0.1, 0.15) is 30.9 Å². The maximum atomic E-state index is 12.4. The summed E-state index contributed by atoms with van der Waals surface area (Å²) < 4.78 is 10.7. The first-order valence-corrected chi connectivity index (χ1v) is 9.40. The second-order valence-corrected chi connectivity index (χ2v) is 6.75. The molecule has 0 radical (unpaired) electrons. The van der Waals surface area contributed by atoms with Crippen molar-refractivity contribution in [3.63, 3.8) is 0 Å². The SMILES string of the molecule is CCCCOc1ccc(NC(=O)Cc2c(C)c3ccc(O)c(O)c3oc2=O)cc1. The van der Waals surface area contributed by atoms with Gasteiger partial charge in [-0.2, -0.15) is 0 Å². The van der Waals surface area contributed by atoms with Crippen LogP contribution >= 0.6 is 0 Å². The van der Waals surface area contributed by atoms with Crippen molar-refractivity contribution < 1.29 is 24.2 Å². The van der Waals surface area contributed by atoms with Gasteiger partial charge in [-0.3, -0.25) is 4.79 Å². The average molecular weight is 397 g/mol. The predicted molar refractivity (Wildman–Crippen MR) is 110 cm³/mol. The van der Waals surface area contributed by atoms with Gasteiger partial charge in [0.2, 0.25) is 11.7 Å². The number of rotatable bonds is 7. The van der Waals surface area contributed by atoms with Crippen LogP contribution < -0.4 is 15.7 Å². The first-order chi connectivity index (χ1) is 13.9. The number of benzene rings is 2. The molecule has 0 saturated carbocycles. The number of carbonyl (C=O) groups excluding carboxylic acids is 1. The number of nitrogens with one attached hydrogen (secondary N) is 1. The summed E-state index contributed by atoms with van der Waals surface area (Å²) in [5, 5.41) is 22.7. The molecule has 0 atom stereocenters. The third-order valence-electron chi connectivity index (χ3n) is 4.65. The largest absolute Gasteiger partial charge is 0.504 e. The molecule has 152 valence electrons. The zero-order valence-corrected chi connectivity index (χ0v) is 16.3. The highest BCUT2D eigenvalue weighted by Gasteiger charge is 2.18. The minimum Gasteiger partial charge on any atom is -0.504 e. The molecule has 29 heavy (non-hydrogen) atoms. The van der Waals surface area contributed by atoms with Crippen molar-refractivity contribution in [1.29, 1.82) is 0 Å². The van der Waals surface area contributed by atoms with E-state index in [9.17, 15) is 19.8 Å². The summed E-state index contributed by atoms with van der Waals surface area (Å²) in [5.41, 5.74) is 0.463. The van der Waals surface area contributed by atoms with Crippen LogP contribution in [0.25, 0.3) is 11.0 Å². The smallest absolute Gasteiger partial charge is 0.340 e. The highest BCUT2D eigenvalue weighted by molar-refractivity contribution is 5.94. The topological polar surface area (TPSA) is 109 Å². The third-order valence-corrected chi connectivity index (χ3v) is 4.65. The van der Waals surface area contributed by atoms with Crippen molar-refractivity contribution >= 4 is 22.6 Å². The lowest BCUT2D eigenvalue weighted by Crippen LogP contribution is -2.20. The molecule has 2 aromatic carbocycles. The molecule has 7 nitrogen and oxygen atoms in total. The van der Waals surface area contributed by atoms with Crippen molar-refractivity contribution in [2.24, 2.45) is 0 Å². The summed E-state index contributed by atoms with van der Waals surface area (Å²) in [6.45, 7) is 4.40. The van der Waals surface area contributed by atoms with Crippen molar-refractivity contribution in [2.75, 3.05) is 11.9 Å². The van der Waals surface area contributed by atoms with E-state index in [0.717, 1.165) is 18.6 Å². The highest BCUT2D eigenvalue weighted by Crippen LogP contribution is 2.34. The van der Waals surface area contributed by atoms with Crippen LogP contribution in [-0.2, 0) is 11.2 Å². The number of amides is 1. The van der Waals surface area contributed by atoms with Gasteiger partial charge in [-0.25, -0.2) is 4.79 Å². The molecule has 1 heterocycles. The van der Waals surface area contributed by atoms with Crippen LogP contribution in [0.5, 0.6) is 17.2 Å². The zero-order valence-electron chi connectivity index (χ0n) is 16.3. The molecular weight excluding hydrogens is 374 g/mol. The molecule has 0 unspecified atom stereocenters. The van der Waals surface area contributed by atoms with E-state index in [0.29, 0.717) is 23.2 Å². The minimum absolute atomic E-state index is 0.102. The lowest BCUT2D eigenvalue weighted by molar-refractivity contribution is -0.115. The van der Waals surface area contributed by atoms with E-state index >= 15 is 0 Å². The number of unbranched alkanes of at least 4 members (excludes halogenated alkanes) is 1. The molecule has 0 aliphatic heterocycles. The van der Waals surface area contributed by atoms with Gasteiger partial charge in [0.25, 0.3) is 0 Å². The molecule has 0 fully saturated rings. The molecule has 1 amide bonds. The van der Waals surface area contributed by atoms with Gasteiger partial charge in [-0.1, -0.05) is 13.3 Å². The summed E-state index contributed by atoms with van der Waals surface area (Å²) >= 11 is 0. The van der Waals surface area contributed by atoms with Crippen LogP contribution in [0.15, 0.2) is 45.6 Å². The second-order valence-electron chi connectivity index (χ2n) is 6.75. The molecule has 3 rings (SSSR count). The predicted octanol–water partition coefficient (Wildman–Crippen LogP) is 3.87. The normalized spacial score (nSPS) is 10.8. The summed E-state index contributed by atoms with van der Waals surface area (Å²) in [6.07, 6.45) is 1.85. The van der Waals surface area contributed by atoms with Crippen molar-refractivity contribution in [3.8, 4) is 17.2 Å². The number of anilines is 1. The Balaban J connectivity index is 1.75. The molecule has 0 aliphatic carbocycles. The summed E-state index contributed by atoms with van der Waals surface area (Å²) in [5.74, 6) is -0.527. The van der Waals surface area contributed by atoms with Gasteiger partial charge in [-0.05, 0) is 55.3 Å². The zero-order chi connectivity index (χ0) is 21.0. The fourth-order valence-corrected chi connectivity index (χ4v) is 2.97. The maximum Gasteiger partial charge on any atom is 0.340 e. The lowest BCUT2D eigenvalue weighted by atomic mass is 10.0. The number of hydrogen-bond acceptors (Lipinski definition) is 6. The van der Waals surface area contributed by atoms with Crippen molar-refractivity contribution in [1.82, 2.24) is 0 Å². The van der Waals surface area contributed by atoms with E-state index in [1.807, 2.05) is 0 Å². The number of aromatic hydroxyl groups is 2. The summed E-state index contributed by atoms with van der Waals surface area (Å²) in [6, 6.07) is 9.84. The van der Waals surface area contributed by atoms with E-state index in [2.05, 4.69) is 12.2 Å². The van der Waals surface area contributed by atoms with E-state index < -0.39 is 11.4 Å². The van der Waals surface area contributed by atoms with Crippen molar-refractivity contribution in [2.45, 2.75) is 33.1 Å². The van der Waals surface area contributed by atoms with Gasteiger partial charge < -0.3 is 24.7 Å². The Kier molecular flexibility index (Phi) is 6.07. The van der Waals surface area contributed by atoms with E-state index in [-0.39, 0.29) is 29.2 Å². The molecule has 3 N–H and O–H groups in total. The second kappa shape index (κ2) is 8.68. The number of phenols is 2. The Morgan fingerprint density at radius 3 is 2.55 bits per heavy atom. The van der Waals surface area contributed by atoms with Gasteiger partial charge in [0, 0.05) is 11.1 Å². The maximum absolute atomic E-state index is 12.4. The first-order valence-electron chi connectivity index (χ1n) is 9.40. The van der Waals surface area contributed by atoms with Crippen LogP contribution in [0.3, 0.4) is 0 Å². The Morgan fingerprint density at radius 2 is 1.86 bits per heavy atom. The molecule has 0 spiro atoms. The van der Waals surface area contributed by atoms with Gasteiger partial charge >= 0.3 is 5.63 Å². The average Bonchev–Trinajstić information content (AvgIpc) is 2.70. The number of aryl methyl sites for hydroxylation is 1. The fourth-order valence-electron chi connectivity index (χ4n) is 2.97. The number of fused-ring (bicyclic) bond motifs is 1. The van der Waals surface area contributed by atoms with E-state index in [1.54, 1.807) is 31.2 Å². The van der Waals surface area contributed by atoms with Crippen LogP contribution in [0.2, 0.25) is 0 Å². The molecular formula is C22H23NO6.